The van der Waals surface area contributed by atoms with Gasteiger partial charge in [-0.25, -0.2) is 4.79 Å². The van der Waals surface area contributed by atoms with Gasteiger partial charge in [0.2, 0.25) is 0 Å². The highest BCUT2D eigenvalue weighted by Crippen LogP contribution is 2.31. The first-order valence-corrected chi connectivity index (χ1v) is 8.10. The van der Waals surface area contributed by atoms with Crippen LogP contribution < -0.4 is 20.1 Å². The highest BCUT2D eigenvalue weighted by molar-refractivity contribution is 5.89. The van der Waals surface area contributed by atoms with E-state index in [2.05, 4.69) is 15.6 Å². The second-order valence-electron chi connectivity index (χ2n) is 5.41. The van der Waals surface area contributed by atoms with Crippen LogP contribution in [0.25, 0.3) is 0 Å². The van der Waals surface area contributed by atoms with Crippen molar-refractivity contribution < 1.29 is 14.3 Å². The smallest absolute Gasteiger partial charge is 0.319 e. The second-order valence-corrected chi connectivity index (χ2v) is 5.41. The number of aromatic nitrogens is 1. The van der Waals surface area contributed by atoms with Crippen molar-refractivity contribution in [2.24, 2.45) is 0 Å². The van der Waals surface area contributed by atoms with Crippen molar-refractivity contribution in [2.45, 2.75) is 6.54 Å². The maximum atomic E-state index is 11.9. The molecule has 1 aromatic heterocycles. The van der Waals surface area contributed by atoms with Crippen LogP contribution in [-0.2, 0) is 6.54 Å². The molecule has 0 spiro atoms. The van der Waals surface area contributed by atoms with Gasteiger partial charge in [0.05, 0.1) is 19.3 Å². The molecule has 0 unspecified atom stereocenters. The number of amides is 2. The van der Waals surface area contributed by atoms with Crippen molar-refractivity contribution in [3.63, 3.8) is 0 Å². The minimum Gasteiger partial charge on any atom is -0.493 e. The zero-order chi connectivity index (χ0) is 18.2. The number of urea groups is 1. The number of benzene rings is 2. The molecule has 6 heteroatoms. The summed E-state index contributed by atoms with van der Waals surface area (Å²) in [6.45, 7) is 0.363. The molecule has 3 rings (SSSR count). The lowest BCUT2D eigenvalue weighted by Gasteiger charge is -2.11. The van der Waals surface area contributed by atoms with Gasteiger partial charge >= 0.3 is 6.03 Å². The predicted molar refractivity (Wildman–Crippen MR) is 99.6 cm³/mol. The molecule has 3 aromatic rings. The summed E-state index contributed by atoms with van der Waals surface area (Å²) in [5.41, 5.74) is 1.46. The van der Waals surface area contributed by atoms with Crippen LogP contribution in [-0.4, -0.2) is 18.1 Å². The van der Waals surface area contributed by atoms with E-state index in [1.165, 1.54) is 0 Å². The average molecular weight is 349 g/mol. The Morgan fingerprint density at radius 3 is 2.38 bits per heavy atom. The Balaban J connectivity index is 1.55. The van der Waals surface area contributed by atoms with Crippen LogP contribution in [0, 0.1) is 0 Å². The minimum absolute atomic E-state index is 0.297. The standard InChI is InChI=1S/C20H19N3O3/c1-25-18-7-2-3-8-19(18)26-17-11-9-15(10-12-17)23-20(24)22-14-16-6-4-5-13-21-16/h2-13H,14H2,1H3,(H2,22,23,24). The quantitative estimate of drug-likeness (QED) is 0.699. The number of carbonyl (C=O) groups is 1. The number of rotatable bonds is 6. The Bertz CT molecular complexity index is 852. The van der Waals surface area contributed by atoms with Gasteiger partial charge in [0.1, 0.15) is 5.75 Å². The number of carbonyl (C=O) groups excluding carboxylic acids is 1. The van der Waals surface area contributed by atoms with E-state index in [0.717, 1.165) is 5.69 Å². The number of hydrogen-bond donors (Lipinski definition) is 2. The van der Waals surface area contributed by atoms with Gasteiger partial charge in [-0.1, -0.05) is 18.2 Å². The summed E-state index contributed by atoms with van der Waals surface area (Å²) < 4.78 is 11.1. The first kappa shape index (κ1) is 17.3. The molecule has 0 fully saturated rings. The lowest BCUT2D eigenvalue weighted by Crippen LogP contribution is -2.28. The van der Waals surface area contributed by atoms with E-state index in [4.69, 9.17) is 9.47 Å². The van der Waals surface area contributed by atoms with Gasteiger partial charge in [-0.15, -0.1) is 0 Å². The number of nitrogens with one attached hydrogen (secondary N) is 2. The highest BCUT2D eigenvalue weighted by Gasteiger charge is 2.06. The molecule has 2 aromatic carbocycles. The Morgan fingerprint density at radius 1 is 0.962 bits per heavy atom. The van der Waals surface area contributed by atoms with Crippen molar-refractivity contribution in [3.8, 4) is 17.2 Å². The lowest BCUT2D eigenvalue weighted by atomic mass is 10.3. The molecular weight excluding hydrogens is 330 g/mol. The SMILES string of the molecule is COc1ccccc1Oc1ccc(NC(=O)NCc2ccccn2)cc1. The average Bonchev–Trinajstić information content (AvgIpc) is 2.69. The fourth-order valence-electron chi connectivity index (χ4n) is 2.29. The molecule has 0 aliphatic heterocycles. The summed E-state index contributed by atoms with van der Waals surface area (Å²) in [5.74, 6) is 1.93. The molecule has 1 heterocycles. The first-order valence-electron chi connectivity index (χ1n) is 8.10. The number of hydrogen-bond acceptors (Lipinski definition) is 4. The monoisotopic (exact) mass is 349 g/mol. The van der Waals surface area contributed by atoms with Gasteiger partial charge < -0.3 is 20.1 Å². The van der Waals surface area contributed by atoms with Gasteiger partial charge in [0.15, 0.2) is 11.5 Å². The van der Waals surface area contributed by atoms with Crippen LogP contribution in [0.3, 0.4) is 0 Å². The summed E-state index contributed by atoms with van der Waals surface area (Å²) in [6.07, 6.45) is 1.69. The van der Waals surface area contributed by atoms with Crippen LogP contribution in [0.2, 0.25) is 0 Å². The Morgan fingerprint density at radius 2 is 1.69 bits per heavy atom. The highest BCUT2D eigenvalue weighted by atomic mass is 16.5. The maximum absolute atomic E-state index is 11.9. The van der Waals surface area contributed by atoms with Crippen molar-refractivity contribution in [3.05, 3.63) is 78.6 Å². The van der Waals surface area contributed by atoms with Crippen LogP contribution in [0.4, 0.5) is 10.5 Å². The molecule has 0 aliphatic rings. The number of methoxy groups -OCH3 is 1. The van der Waals surface area contributed by atoms with Gasteiger partial charge in [0, 0.05) is 11.9 Å². The molecule has 0 bridgehead atoms. The topological polar surface area (TPSA) is 72.5 Å². The number of nitrogens with zero attached hydrogens (tertiary/aromatic N) is 1. The third kappa shape index (κ3) is 4.73. The third-order valence-corrected chi connectivity index (χ3v) is 3.57. The van der Waals surface area contributed by atoms with Gasteiger partial charge in [-0.05, 0) is 48.5 Å². The van der Waals surface area contributed by atoms with Crippen molar-refractivity contribution in [1.29, 1.82) is 0 Å². The molecule has 0 aliphatic carbocycles. The number of pyridine rings is 1. The Kier molecular flexibility index (Phi) is 5.67. The first-order chi connectivity index (χ1) is 12.7. The molecule has 0 radical (unpaired) electrons. The zero-order valence-corrected chi connectivity index (χ0v) is 14.3. The number of ether oxygens (including phenoxy) is 2. The maximum Gasteiger partial charge on any atom is 0.319 e. The zero-order valence-electron chi connectivity index (χ0n) is 14.3. The third-order valence-electron chi connectivity index (χ3n) is 3.57. The fourth-order valence-corrected chi connectivity index (χ4v) is 2.29. The summed E-state index contributed by atoms with van der Waals surface area (Å²) >= 11 is 0. The second kappa shape index (κ2) is 8.53. The van der Waals surface area contributed by atoms with Gasteiger partial charge in [-0.2, -0.15) is 0 Å². The van der Waals surface area contributed by atoms with E-state index in [-0.39, 0.29) is 6.03 Å². The van der Waals surface area contributed by atoms with Gasteiger partial charge in [0.25, 0.3) is 0 Å². The number of anilines is 1. The van der Waals surface area contributed by atoms with Crippen molar-refractivity contribution in [2.75, 3.05) is 12.4 Å². The predicted octanol–water partition coefficient (Wildman–Crippen LogP) is 4.20. The van der Waals surface area contributed by atoms with E-state index in [0.29, 0.717) is 29.5 Å². The molecular formula is C20H19N3O3. The normalized spacial score (nSPS) is 10.0. The van der Waals surface area contributed by atoms with E-state index >= 15 is 0 Å². The van der Waals surface area contributed by atoms with E-state index < -0.39 is 0 Å². The molecule has 6 nitrogen and oxygen atoms in total. The molecule has 2 N–H and O–H groups in total. The Labute approximate surface area is 151 Å². The largest absolute Gasteiger partial charge is 0.493 e. The molecule has 0 atom stereocenters. The van der Waals surface area contributed by atoms with Crippen LogP contribution >= 0.6 is 0 Å². The van der Waals surface area contributed by atoms with Crippen molar-refractivity contribution in [1.82, 2.24) is 10.3 Å². The minimum atomic E-state index is -0.297. The summed E-state index contributed by atoms with van der Waals surface area (Å²) in [5, 5.41) is 5.52. The molecule has 26 heavy (non-hydrogen) atoms. The number of para-hydroxylation sites is 2. The Hall–Kier alpha value is -3.54. The van der Waals surface area contributed by atoms with E-state index in [9.17, 15) is 4.79 Å². The van der Waals surface area contributed by atoms with E-state index in [1.807, 2.05) is 42.5 Å². The van der Waals surface area contributed by atoms with Crippen molar-refractivity contribution >= 4 is 11.7 Å². The molecule has 0 saturated carbocycles. The van der Waals surface area contributed by atoms with Crippen LogP contribution in [0.5, 0.6) is 17.2 Å². The van der Waals surface area contributed by atoms with Crippen LogP contribution in [0.15, 0.2) is 72.9 Å². The van der Waals surface area contributed by atoms with Gasteiger partial charge in [-0.3, -0.25) is 4.98 Å². The molecule has 0 saturated heterocycles. The fraction of sp³-hybridized carbons (Fsp3) is 0.100. The summed E-state index contributed by atoms with van der Waals surface area (Å²) in [4.78, 5) is 16.1. The lowest BCUT2D eigenvalue weighted by molar-refractivity contribution is 0.251. The summed E-state index contributed by atoms with van der Waals surface area (Å²) in [7, 11) is 1.60. The molecule has 132 valence electrons. The van der Waals surface area contributed by atoms with E-state index in [1.54, 1.807) is 37.6 Å². The van der Waals surface area contributed by atoms with Crippen LogP contribution in [0.1, 0.15) is 5.69 Å². The molecule has 2 amide bonds. The summed E-state index contributed by atoms with van der Waals surface area (Å²) in [6, 6.07) is 19.8.